The summed E-state index contributed by atoms with van der Waals surface area (Å²) in [5.74, 6) is 0. The van der Waals surface area contributed by atoms with Gasteiger partial charge in [0.2, 0.25) is 0 Å². The lowest BCUT2D eigenvalue weighted by molar-refractivity contribution is 0.677. The Morgan fingerprint density at radius 1 is 1.31 bits per heavy atom. The summed E-state index contributed by atoms with van der Waals surface area (Å²) in [5.41, 5.74) is 7.04. The van der Waals surface area contributed by atoms with E-state index in [0.717, 1.165) is 13.1 Å². The number of hydrogen-bond donors (Lipinski definition) is 1. The molecule has 13 heavy (non-hydrogen) atoms. The molecule has 2 nitrogen and oxygen atoms in total. The number of para-hydroxylation sites is 1. The zero-order valence-electron chi connectivity index (χ0n) is 7.82. The van der Waals surface area contributed by atoms with Gasteiger partial charge < -0.3 is 10.6 Å². The molecule has 0 saturated carbocycles. The molecule has 1 fully saturated rings. The fourth-order valence-electron chi connectivity index (χ4n) is 2.04. The van der Waals surface area contributed by atoms with Crippen molar-refractivity contribution < 1.29 is 0 Å². The van der Waals surface area contributed by atoms with Gasteiger partial charge in [-0.05, 0) is 25.0 Å². The largest absolute Gasteiger partial charge is 0.367 e. The maximum Gasteiger partial charge on any atom is 0.0412 e. The maximum atomic E-state index is 5.72. The Bertz CT molecular complexity index is 258. The van der Waals surface area contributed by atoms with Gasteiger partial charge in [-0.15, -0.1) is 0 Å². The molecule has 1 aromatic carbocycles. The number of hydrogen-bond acceptors (Lipinski definition) is 2. The zero-order valence-corrected chi connectivity index (χ0v) is 7.82. The van der Waals surface area contributed by atoms with Crippen LogP contribution in [0, 0.1) is 0 Å². The molecular weight excluding hydrogens is 160 g/mol. The van der Waals surface area contributed by atoms with Gasteiger partial charge >= 0.3 is 0 Å². The summed E-state index contributed by atoms with van der Waals surface area (Å²) >= 11 is 0. The van der Waals surface area contributed by atoms with Crippen LogP contribution in [-0.2, 0) is 0 Å². The van der Waals surface area contributed by atoms with E-state index in [1.54, 1.807) is 0 Å². The molecule has 1 saturated heterocycles. The average Bonchev–Trinajstić information content (AvgIpc) is 2.67. The smallest absolute Gasteiger partial charge is 0.0412 e. The second kappa shape index (κ2) is 3.79. The van der Waals surface area contributed by atoms with Gasteiger partial charge in [-0.3, -0.25) is 0 Å². The molecule has 0 spiro atoms. The first-order valence-electron chi connectivity index (χ1n) is 4.93. The van der Waals surface area contributed by atoms with Crippen molar-refractivity contribution in [2.45, 2.75) is 18.9 Å². The molecule has 0 bridgehead atoms. The predicted molar refractivity (Wildman–Crippen MR) is 55.9 cm³/mol. The monoisotopic (exact) mass is 176 g/mol. The van der Waals surface area contributed by atoms with E-state index in [1.165, 1.54) is 18.5 Å². The highest BCUT2D eigenvalue weighted by Gasteiger charge is 2.22. The Labute approximate surface area is 79.4 Å². The van der Waals surface area contributed by atoms with Crippen molar-refractivity contribution in [2.75, 3.05) is 18.0 Å². The summed E-state index contributed by atoms with van der Waals surface area (Å²) in [6.45, 7) is 1.93. The molecule has 2 rings (SSSR count). The highest BCUT2D eigenvalue weighted by Crippen LogP contribution is 2.24. The summed E-state index contributed by atoms with van der Waals surface area (Å²) in [7, 11) is 0. The molecule has 0 aromatic heterocycles. The number of nitrogens with two attached hydrogens (primary N) is 1. The van der Waals surface area contributed by atoms with E-state index < -0.39 is 0 Å². The van der Waals surface area contributed by atoms with E-state index in [-0.39, 0.29) is 0 Å². The Kier molecular flexibility index (Phi) is 2.50. The quantitative estimate of drug-likeness (QED) is 0.742. The lowest BCUT2D eigenvalue weighted by Gasteiger charge is -2.25. The minimum atomic E-state index is 0.558. The van der Waals surface area contributed by atoms with Gasteiger partial charge in [0, 0.05) is 24.8 Å². The predicted octanol–water partition coefficient (Wildman–Crippen LogP) is 1.61. The molecule has 2 heteroatoms. The van der Waals surface area contributed by atoms with Gasteiger partial charge in [0.25, 0.3) is 0 Å². The lowest BCUT2D eigenvalue weighted by Crippen LogP contribution is -2.35. The third-order valence-corrected chi connectivity index (χ3v) is 2.74. The zero-order chi connectivity index (χ0) is 9.10. The first kappa shape index (κ1) is 8.57. The number of nitrogens with zero attached hydrogens (tertiary/aromatic N) is 1. The second-order valence-corrected chi connectivity index (χ2v) is 3.56. The van der Waals surface area contributed by atoms with Crippen LogP contribution in [0.3, 0.4) is 0 Å². The molecule has 0 radical (unpaired) electrons. The second-order valence-electron chi connectivity index (χ2n) is 3.56. The number of anilines is 1. The molecule has 1 heterocycles. The Balaban J connectivity index is 2.16. The topological polar surface area (TPSA) is 29.3 Å². The highest BCUT2D eigenvalue weighted by molar-refractivity contribution is 5.48. The van der Waals surface area contributed by atoms with Crippen LogP contribution in [0.1, 0.15) is 12.8 Å². The first-order valence-corrected chi connectivity index (χ1v) is 4.93. The fourth-order valence-corrected chi connectivity index (χ4v) is 2.04. The van der Waals surface area contributed by atoms with Crippen molar-refractivity contribution in [3.8, 4) is 0 Å². The summed E-state index contributed by atoms with van der Waals surface area (Å²) in [6.07, 6.45) is 2.52. The van der Waals surface area contributed by atoms with Gasteiger partial charge in [0.05, 0.1) is 0 Å². The van der Waals surface area contributed by atoms with E-state index in [2.05, 4.69) is 35.2 Å². The summed E-state index contributed by atoms with van der Waals surface area (Å²) in [4.78, 5) is 2.42. The van der Waals surface area contributed by atoms with E-state index in [1.807, 2.05) is 0 Å². The van der Waals surface area contributed by atoms with Crippen LogP contribution in [0.2, 0.25) is 0 Å². The van der Waals surface area contributed by atoms with E-state index in [9.17, 15) is 0 Å². The molecule has 1 atom stereocenters. The van der Waals surface area contributed by atoms with E-state index in [4.69, 9.17) is 5.73 Å². The Morgan fingerprint density at radius 3 is 2.77 bits per heavy atom. The molecule has 1 aromatic rings. The molecule has 70 valence electrons. The molecule has 2 N–H and O–H groups in total. The van der Waals surface area contributed by atoms with Gasteiger partial charge in [-0.1, -0.05) is 18.2 Å². The average molecular weight is 176 g/mol. The normalized spacial score (nSPS) is 22.2. The van der Waals surface area contributed by atoms with Crippen LogP contribution in [0.25, 0.3) is 0 Å². The van der Waals surface area contributed by atoms with Crippen molar-refractivity contribution in [1.82, 2.24) is 0 Å². The first-order chi connectivity index (χ1) is 6.42. The summed E-state index contributed by atoms with van der Waals surface area (Å²) < 4.78 is 0. The van der Waals surface area contributed by atoms with Crippen LogP contribution in [0.15, 0.2) is 30.3 Å². The van der Waals surface area contributed by atoms with Crippen molar-refractivity contribution >= 4 is 5.69 Å². The molecule has 1 aliphatic heterocycles. The SMILES string of the molecule is NC[C@@H]1CCCN1c1ccccc1. The lowest BCUT2D eigenvalue weighted by atomic mass is 10.2. The summed E-state index contributed by atoms with van der Waals surface area (Å²) in [6, 6.07) is 11.1. The standard InChI is InChI=1S/C11H16N2/c12-9-11-7-4-8-13(11)10-5-2-1-3-6-10/h1-3,5-6,11H,4,7-9,12H2/t11-/m0/s1. The molecular formula is C11H16N2. The highest BCUT2D eigenvalue weighted by atomic mass is 15.2. The van der Waals surface area contributed by atoms with Crippen LogP contribution in [0.5, 0.6) is 0 Å². The maximum absolute atomic E-state index is 5.72. The molecule has 0 aliphatic carbocycles. The van der Waals surface area contributed by atoms with Crippen molar-refractivity contribution in [3.63, 3.8) is 0 Å². The molecule has 0 unspecified atom stereocenters. The molecule has 1 aliphatic rings. The Hall–Kier alpha value is -1.02. The molecule has 0 amide bonds. The minimum absolute atomic E-state index is 0.558. The van der Waals surface area contributed by atoms with E-state index >= 15 is 0 Å². The van der Waals surface area contributed by atoms with Gasteiger partial charge in [-0.2, -0.15) is 0 Å². The van der Waals surface area contributed by atoms with Gasteiger partial charge in [-0.25, -0.2) is 0 Å². The van der Waals surface area contributed by atoms with Crippen LogP contribution in [0.4, 0.5) is 5.69 Å². The van der Waals surface area contributed by atoms with Crippen molar-refractivity contribution in [2.24, 2.45) is 5.73 Å². The van der Waals surface area contributed by atoms with Crippen LogP contribution >= 0.6 is 0 Å². The number of rotatable bonds is 2. The minimum Gasteiger partial charge on any atom is -0.367 e. The third-order valence-electron chi connectivity index (χ3n) is 2.74. The van der Waals surface area contributed by atoms with Crippen LogP contribution in [-0.4, -0.2) is 19.1 Å². The van der Waals surface area contributed by atoms with Crippen LogP contribution < -0.4 is 10.6 Å². The number of benzene rings is 1. The van der Waals surface area contributed by atoms with Gasteiger partial charge in [0.1, 0.15) is 0 Å². The van der Waals surface area contributed by atoms with Crippen molar-refractivity contribution in [1.29, 1.82) is 0 Å². The third kappa shape index (κ3) is 1.68. The van der Waals surface area contributed by atoms with Gasteiger partial charge in [0.15, 0.2) is 0 Å². The summed E-state index contributed by atoms with van der Waals surface area (Å²) in [5, 5.41) is 0. The fraction of sp³-hybridized carbons (Fsp3) is 0.455. The Morgan fingerprint density at radius 2 is 2.08 bits per heavy atom. The van der Waals surface area contributed by atoms with Crippen molar-refractivity contribution in [3.05, 3.63) is 30.3 Å². The van der Waals surface area contributed by atoms with E-state index in [0.29, 0.717) is 6.04 Å².